The highest BCUT2D eigenvalue weighted by Crippen LogP contribution is 2.19. The van der Waals surface area contributed by atoms with Gasteiger partial charge in [-0.25, -0.2) is 0 Å². The van der Waals surface area contributed by atoms with Crippen molar-refractivity contribution in [3.8, 4) is 17.2 Å². The van der Waals surface area contributed by atoms with Gasteiger partial charge >= 0.3 is 0 Å². The van der Waals surface area contributed by atoms with Crippen molar-refractivity contribution in [2.24, 2.45) is 0 Å². The maximum atomic E-state index is 8.62. The minimum Gasteiger partial charge on any atom is -0.289 e. The second-order valence-corrected chi connectivity index (χ2v) is 4.39. The molecule has 0 N–H and O–H groups in total. The van der Waals surface area contributed by atoms with Gasteiger partial charge in [-0.1, -0.05) is 54.6 Å². The van der Waals surface area contributed by atoms with Crippen LogP contribution < -0.4 is 0 Å². The summed E-state index contributed by atoms with van der Waals surface area (Å²) in [6.45, 7) is 1.27. The maximum Gasteiger partial charge on any atom is 0.0866 e. The zero-order valence-electron chi connectivity index (χ0n) is 10.5. The lowest BCUT2D eigenvalue weighted by atomic mass is 10.0. The van der Waals surface area contributed by atoms with Crippen LogP contribution in [0.1, 0.15) is 5.56 Å². The van der Waals surface area contributed by atoms with E-state index in [9.17, 15) is 0 Å². The number of nitrogens with zero attached hydrogens (tertiary/aromatic N) is 2. The van der Waals surface area contributed by atoms with Crippen molar-refractivity contribution in [3.05, 3.63) is 60.2 Å². The summed E-state index contributed by atoms with van der Waals surface area (Å²) in [5.74, 6) is 0. The predicted octanol–water partition coefficient (Wildman–Crippen LogP) is 3.31. The molecule has 0 fully saturated rings. The zero-order valence-corrected chi connectivity index (χ0v) is 10.5. The van der Waals surface area contributed by atoms with Crippen molar-refractivity contribution in [2.75, 3.05) is 13.6 Å². The van der Waals surface area contributed by atoms with Gasteiger partial charge in [0.15, 0.2) is 0 Å². The molecule has 2 nitrogen and oxygen atoms in total. The maximum absolute atomic E-state index is 8.62. The third-order valence-electron chi connectivity index (χ3n) is 2.85. The molecule has 2 aromatic carbocycles. The fourth-order valence-electron chi connectivity index (χ4n) is 1.92. The van der Waals surface area contributed by atoms with E-state index in [-0.39, 0.29) is 0 Å². The molecule has 0 aromatic heterocycles. The predicted molar refractivity (Wildman–Crippen MR) is 73.8 cm³/mol. The number of hydrogen-bond acceptors (Lipinski definition) is 2. The molecule has 0 atom stereocenters. The molecular formula is C16H16N2. The summed E-state index contributed by atoms with van der Waals surface area (Å²) in [7, 11) is 1.95. The SMILES string of the molecule is CN(CC#N)Cc1ccc(-c2ccccc2)cc1. The van der Waals surface area contributed by atoms with E-state index < -0.39 is 0 Å². The molecule has 0 unspecified atom stereocenters. The lowest BCUT2D eigenvalue weighted by molar-refractivity contribution is 0.367. The molecule has 0 aliphatic rings. The highest BCUT2D eigenvalue weighted by molar-refractivity contribution is 5.63. The van der Waals surface area contributed by atoms with Gasteiger partial charge in [0.1, 0.15) is 0 Å². The van der Waals surface area contributed by atoms with Crippen LogP contribution >= 0.6 is 0 Å². The van der Waals surface area contributed by atoms with E-state index in [0.29, 0.717) is 6.54 Å². The monoisotopic (exact) mass is 236 g/mol. The number of benzene rings is 2. The van der Waals surface area contributed by atoms with Crippen molar-refractivity contribution in [1.82, 2.24) is 4.90 Å². The Bertz CT molecular complexity index is 523. The van der Waals surface area contributed by atoms with Crippen molar-refractivity contribution in [1.29, 1.82) is 5.26 Å². The topological polar surface area (TPSA) is 27.0 Å². The van der Waals surface area contributed by atoms with E-state index in [1.807, 2.05) is 30.1 Å². The van der Waals surface area contributed by atoms with Gasteiger partial charge < -0.3 is 0 Å². The normalized spacial score (nSPS) is 10.3. The first kappa shape index (κ1) is 12.3. The molecule has 0 bridgehead atoms. The van der Waals surface area contributed by atoms with Gasteiger partial charge in [0, 0.05) is 6.54 Å². The lowest BCUT2D eigenvalue weighted by Crippen LogP contribution is -2.17. The molecule has 2 aromatic rings. The number of hydrogen-bond donors (Lipinski definition) is 0. The smallest absolute Gasteiger partial charge is 0.0866 e. The summed E-state index contributed by atoms with van der Waals surface area (Å²) in [6.07, 6.45) is 0. The Labute approximate surface area is 108 Å². The first-order valence-corrected chi connectivity index (χ1v) is 5.99. The summed E-state index contributed by atoms with van der Waals surface area (Å²) in [5, 5.41) is 8.62. The van der Waals surface area contributed by atoms with Crippen molar-refractivity contribution in [3.63, 3.8) is 0 Å². The molecule has 0 aliphatic heterocycles. The Balaban J connectivity index is 2.09. The average Bonchev–Trinajstić information content (AvgIpc) is 2.41. The van der Waals surface area contributed by atoms with Crippen LogP contribution in [0.3, 0.4) is 0 Å². The molecule has 2 rings (SSSR count). The molecule has 90 valence electrons. The van der Waals surface area contributed by atoms with Gasteiger partial charge in [-0.3, -0.25) is 4.90 Å². The molecule has 0 aliphatic carbocycles. The largest absolute Gasteiger partial charge is 0.289 e. The third-order valence-corrected chi connectivity index (χ3v) is 2.85. The summed E-state index contributed by atoms with van der Waals surface area (Å²) in [4.78, 5) is 2.00. The highest BCUT2D eigenvalue weighted by atomic mass is 15.1. The van der Waals surface area contributed by atoms with Crippen LogP contribution in [0.5, 0.6) is 0 Å². The van der Waals surface area contributed by atoms with E-state index in [2.05, 4.69) is 42.5 Å². The first-order chi connectivity index (χ1) is 8.79. The van der Waals surface area contributed by atoms with Gasteiger partial charge in [-0.15, -0.1) is 0 Å². The Kier molecular flexibility index (Phi) is 4.11. The second-order valence-electron chi connectivity index (χ2n) is 4.39. The van der Waals surface area contributed by atoms with Crippen LogP contribution in [-0.2, 0) is 6.54 Å². The molecule has 18 heavy (non-hydrogen) atoms. The van der Waals surface area contributed by atoms with E-state index in [4.69, 9.17) is 5.26 Å². The van der Waals surface area contributed by atoms with Gasteiger partial charge in [-0.2, -0.15) is 5.26 Å². The summed E-state index contributed by atoms with van der Waals surface area (Å²) in [5.41, 5.74) is 3.68. The highest BCUT2D eigenvalue weighted by Gasteiger charge is 2.00. The molecule has 0 amide bonds. The molecule has 0 radical (unpaired) electrons. The zero-order chi connectivity index (χ0) is 12.8. The van der Waals surface area contributed by atoms with Crippen LogP contribution in [0.2, 0.25) is 0 Å². The van der Waals surface area contributed by atoms with Crippen LogP contribution in [0, 0.1) is 11.3 Å². The van der Waals surface area contributed by atoms with Gasteiger partial charge in [-0.05, 0) is 23.7 Å². The standard InChI is InChI=1S/C16H16N2/c1-18(12-11-17)13-14-7-9-16(10-8-14)15-5-3-2-4-6-15/h2-10H,12-13H2,1H3. The fraction of sp³-hybridized carbons (Fsp3) is 0.188. The van der Waals surface area contributed by atoms with E-state index in [1.54, 1.807) is 0 Å². The lowest BCUT2D eigenvalue weighted by Gasteiger charge is -2.12. The quantitative estimate of drug-likeness (QED) is 0.761. The van der Waals surface area contributed by atoms with Crippen LogP contribution in [0.25, 0.3) is 11.1 Å². The summed E-state index contributed by atoms with van der Waals surface area (Å²) in [6, 6.07) is 21.0. The fourth-order valence-corrected chi connectivity index (χ4v) is 1.92. The van der Waals surface area contributed by atoms with E-state index >= 15 is 0 Å². The van der Waals surface area contributed by atoms with Gasteiger partial charge in [0.25, 0.3) is 0 Å². The molecule has 0 saturated carbocycles. The first-order valence-electron chi connectivity index (χ1n) is 5.99. The molecular weight excluding hydrogens is 220 g/mol. The summed E-state index contributed by atoms with van der Waals surface area (Å²) < 4.78 is 0. The Morgan fingerprint density at radius 3 is 2.17 bits per heavy atom. The Morgan fingerprint density at radius 1 is 0.944 bits per heavy atom. The minimum atomic E-state index is 0.459. The van der Waals surface area contributed by atoms with Crippen molar-refractivity contribution < 1.29 is 0 Å². The molecule has 0 saturated heterocycles. The molecule has 2 heteroatoms. The Morgan fingerprint density at radius 2 is 1.56 bits per heavy atom. The van der Waals surface area contributed by atoms with E-state index in [1.165, 1.54) is 16.7 Å². The second kappa shape index (κ2) is 6.00. The molecule has 0 heterocycles. The average molecular weight is 236 g/mol. The Hall–Kier alpha value is -2.11. The minimum absolute atomic E-state index is 0.459. The summed E-state index contributed by atoms with van der Waals surface area (Å²) >= 11 is 0. The van der Waals surface area contributed by atoms with E-state index in [0.717, 1.165) is 6.54 Å². The molecule has 0 spiro atoms. The van der Waals surface area contributed by atoms with Crippen LogP contribution in [0.4, 0.5) is 0 Å². The van der Waals surface area contributed by atoms with Crippen molar-refractivity contribution in [2.45, 2.75) is 6.54 Å². The number of nitriles is 1. The third kappa shape index (κ3) is 3.19. The van der Waals surface area contributed by atoms with Crippen LogP contribution in [-0.4, -0.2) is 18.5 Å². The van der Waals surface area contributed by atoms with Crippen molar-refractivity contribution >= 4 is 0 Å². The van der Waals surface area contributed by atoms with Gasteiger partial charge in [0.2, 0.25) is 0 Å². The van der Waals surface area contributed by atoms with Gasteiger partial charge in [0.05, 0.1) is 12.6 Å². The number of rotatable bonds is 4. The van der Waals surface area contributed by atoms with Crippen LogP contribution in [0.15, 0.2) is 54.6 Å².